The van der Waals surface area contributed by atoms with E-state index in [1.54, 1.807) is 0 Å². The molecule has 0 spiro atoms. The van der Waals surface area contributed by atoms with Crippen LogP contribution >= 0.6 is 11.8 Å². The lowest BCUT2D eigenvalue weighted by Crippen LogP contribution is -2.29. The average Bonchev–Trinajstić information content (AvgIpc) is 2.52. The van der Waals surface area contributed by atoms with Gasteiger partial charge in [0, 0.05) is 11.8 Å². The van der Waals surface area contributed by atoms with Crippen molar-refractivity contribution in [3.63, 3.8) is 0 Å². The second-order valence-electron chi connectivity index (χ2n) is 5.44. The summed E-state index contributed by atoms with van der Waals surface area (Å²) in [6, 6.07) is 10.1. The Labute approximate surface area is 137 Å². The number of fused-ring (bicyclic) bond motifs is 1. The monoisotopic (exact) mass is 329 g/mol. The number of aryl methyl sites for hydroxylation is 2. The number of nitrogens with two attached hydrogens (primary N) is 1. The van der Waals surface area contributed by atoms with Crippen LogP contribution in [0.25, 0.3) is 10.9 Å². The van der Waals surface area contributed by atoms with Crippen LogP contribution in [0.15, 0.2) is 46.3 Å². The maximum absolute atomic E-state index is 13.3. The molecule has 0 fully saturated rings. The van der Waals surface area contributed by atoms with E-state index < -0.39 is 5.82 Å². The zero-order valence-electron chi connectivity index (χ0n) is 12.8. The highest BCUT2D eigenvalue weighted by molar-refractivity contribution is 7.98. The molecule has 118 valence electrons. The highest BCUT2D eigenvalue weighted by Crippen LogP contribution is 2.22. The van der Waals surface area contributed by atoms with E-state index in [9.17, 15) is 9.18 Å². The van der Waals surface area contributed by atoms with Gasteiger partial charge in [0.15, 0.2) is 5.16 Å². The van der Waals surface area contributed by atoms with Crippen LogP contribution in [0, 0.1) is 19.7 Å². The molecule has 0 amide bonds. The van der Waals surface area contributed by atoms with Crippen LogP contribution in [0.2, 0.25) is 0 Å². The third-order valence-electron chi connectivity index (χ3n) is 3.77. The molecule has 3 aromatic rings. The fraction of sp³-hybridized carbons (Fsp3) is 0.176. The minimum atomic E-state index is -0.427. The van der Waals surface area contributed by atoms with Crippen molar-refractivity contribution in [3.05, 3.63) is 69.3 Å². The lowest BCUT2D eigenvalue weighted by molar-refractivity contribution is 0.628. The van der Waals surface area contributed by atoms with Gasteiger partial charge in [-0.05, 0) is 42.7 Å². The average molecular weight is 329 g/mol. The molecule has 1 aromatic heterocycles. The molecule has 2 N–H and O–H groups in total. The van der Waals surface area contributed by atoms with Crippen LogP contribution < -0.4 is 11.4 Å². The number of benzene rings is 2. The number of hydrogen-bond donors (Lipinski definition) is 1. The van der Waals surface area contributed by atoms with Crippen molar-refractivity contribution in [2.75, 3.05) is 5.84 Å². The second kappa shape index (κ2) is 6.04. The van der Waals surface area contributed by atoms with E-state index >= 15 is 0 Å². The van der Waals surface area contributed by atoms with E-state index in [-0.39, 0.29) is 5.56 Å². The summed E-state index contributed by atoms with van der Waals surface area (Å²) in [4.78, 5) is 16.5. The van der Waals surface area contributed by atoms with Gasteiger partial charge < -0.3 is 5.84 Å². The van der Waals surface area contributed by atoms with Gasteiger partial charge in [-0.2, -0.15) is 0 Å². The lowest BCUT2D eigenvalue weighted by atomic mass is 10.1. The molecule has 0 aliphatic rings. The minimum absolute atomic E-state index is 0.310. The van der Waals surface area contributed by atoms with Gasteiger partial charge in [0.05, 0.1) is 10.9 Å². The number of nitrogen functional groups attached to an aromatic ring is 1. The quantitative estimate of drug-likeness (QED) is 0.455. The zero-order valence-corrected chi connectivity index (χ0v) is 13.7. The molecule has 3 rings (SSSR count). The molecule has 0 aliphatic heterocycles. The van der Waals surface area contributed by atoms with Gasteiger partial charge in [-0.25, -0.2) is 14.1 Å². The van der Waals surface area contributed by atoms with E-state index in [1.807, 2.05) is 6.07 Å². The molecule has 6 heteroatoms. The molecule has 1 heterocycles. The molecule has 4 nitrogen and oxygen atoms in total. The van der Waals surface area contributed by atoms with Crippen LogP contribution in [0.4, 0.5) is 4.39 Å². The van der Waals surface area contributed by atoms with Gasteiger partial charge >= 0.3 is 0 Å². The smallest absolute Gasteiger partial charge is 0.280 e. The summed E-state index contributed by atoms with van der Waals surface area (Å²) in [6.45, 7) is 4.11. The van der Waals surface area contributed by atoms with Crippen molar-refractivity contribution in [1.29, 1.82) is 0 Å². The van der Waals surface area contributed by atoms with Crippen molar-refractivity contribution in [1.82, 2.24) is 9.66 Å². The first kappa shape index (κ1) is 15.6. The Bertz CT molecular complexity index is 952. The van der Waals surface area contributed by atoms with E-state index in [1.165, 1.54) is 41.1 Å². The van der Waals surface area contributed by atoms with E-state index in [4.69, 9.17) is 5.84 Å². The molecule has 2 aromatic carbocycles. The summed E-state index contributed by atoms with van der Waals surface area (Å²) >= 11 is 1.35. The van der Waals surface area contributed by atoms with Crippen molar-refractivity contribution in [2.24, 2.45) is 0 Å². The topological polar surface area (TPSA) is 60.9 Å². The lowest BCUT2D eigenvalue weighted by Gasteiger charge is -2.09. The summed E-state index contributed by atoms with van der Waals surface area (Å²) in [5.74, 6) is 6.04. The molecule has 0 bridgehead atoms. The van der Waals surface area contributed by atoms with Crippen LogP contribution in [0.3, 0.4) is 0 Å². The van der Waals surface area contributed by atoms with Crippen molar-refractivity contribution in [2.45, 2.75) is 24.8 Å². The Morgan fingerprint density at radius 2 is 1.96 bits per heavy atom. The van der Waals surface area contributed by atoms with Crippen LogP contribution in [0.1, 0.15) is 16.7 Å². The highest BCUT2D eigenvalue weighted by atomic mass is 32.2. The number of thioether (sulfide) groups is 1. The van der Waals surface area contributed by atoms with Gasteiger partial charge in [0.1, 0.15) is 5.82 Å². The summed E-state index contributed by atoms with van der Waals surface area (Å²) in [5.41, 5.74) is 3.50. The van der Waals surface area contributed by atoms with E-state index in [2.05, 4.69) is 31.0 Å². The summed E-state index contributed by atoms with van der Waals surface area (Å²) in [7, 11) is 0. The maximum atomic E-state index is 13.3. The van der Waals surface area contributed by atoms with Gasteiger partial charge in [-0.3, -0.25) is 4.79 Å². The fourth-order valence-electron chi connectivity index (χ4n) is 2.29. The molecular weight excluding hydrogens is 313 g/mol. The fourth-order valence-corrected chi connectivity index (χ4v) is 3.15. The zero-order chi connectivity index (χ0) is 16.6. The van der Waals surface area contributed by atoms with Crippen LogP contribution in [-0.2, 0) is 5.75 Å². The minimum Gasteiger partial charge on any atom is -0.334 e. The first-order chi connectivity index (χ1) is 11.0. The van der Waals surface area contributed by atoms with E-state index in [0.29, 0.717) is 21.8 Å². The Hall–Kier alpha value is -2.34. The Morgan fingerprint density at radius 1 is 1.17 bits per heavy atom. The third-order valence-corrected chi connectivity index (χ3v) is 4.79. The predicted molar refractivity (Wildman–Crippen MR) is 91.6 cm³/mol. The summed E-state index contributed by atoms with van der Waals surface area (Å²) in [6.07, 6.45) is 0. The van der Waals surface area contributed by atoms with Gasteiger partial charge in [-0.15, -0.1) is 0 Å². The Morgan fingerprint density at radius 3 is 2.70 bits per heavy atom. The molecule has 0 aliphatic carbocycles. The molecule has 23 heavy (non-hydrogen) atoms. The van der Waals surface area contributed by atoms with Crippen molar-refractivity contribution < 1.29 is 4.39 Å². The van der Waals surface area contributed by atoms with Crippen LogP contribution in [-0.4, -0.2) is 9.66 Å². The molecule has 0 atom stereocenters. The molecule has 0 unspecified atom stereocenters. The van der Waals surface area contributed by atoms with Gasteiger partial charge in [0.25, 0.3) is 5.56 Å². The predicted octanol–water partition coefficient (Wildman–Crippen LogP) is 3.16. The number of hydrogen-bond acceptors (Lipinski definition) is 4. The standard InChI is InChI=1S/C17H16FN3OS/c1-10-3-4-12(7-11(10)2)9-23-17-20-15-8-13(18)5-6-14(15)16(22)21(17)19/h3-8H,9,19H2,1-2H3. The Kier molecular flexibility index (Phi) is 4.09. The summed E-state index contributed by atoms with van der Waals surface area (Å²) < 4.78 is 14.4. The molecule has 0 saturated heterocycles. The van der Waals surface area contributed by atoms with Gasteiger partial charge in [-0.1, -0.05) is 30.0 Å². The molecule has 0 saturated carbocycles. The second-order valence-corrected chi connectivity index (χ2v) is 6.38. The SMILES string of the molecule is Cc1ccc(CSc2nc3cc(F)ccc3c(=O)n2N)cc1C. The maximum Gasteiger partial charge on any atom is 0.280 e. The number of rotatable bonds is 3. The summed E-state index contributed by atoms with van der Waals surface area (Å²) in [5, 5.41) is 0.677. The number of aromatic nitrogens is 2. The third kappa shape index (κ3) is 3.07. The molecular formula is C17H16FN3OS. The largest absolute Gasteiger partial charge is 0.334 e. The van der Waals surface area contributed by atoms with E-state index in [0.717, 1.165) is 10.2 Å². The number of nitrogens with zero attached hydrogens (tertiary/aromatic N) is 2. The normalized spacial score (nSPS) is 11.1. The van der Waals surface area contributed by atoms with Crippen molar-refractivity contribution in [3.8, 4) is 0 Å². The Balaban J connectivity index is 1.94. The first-order valence-electron chi connectivity index (χ1n) is 7.12. The van der Waals surface area contributed by atoms with Gasteiger partial charge in [0.2, 0.25) is 0 Å². The number of halogens is 1. The first-order valence-corrected chi connectivity index (χ1v) is 8.10. The highest BCUT2D eigenvalue weighted by Gasteiger charge is 2.10. The van der Waals surface area contributed by atoms with Crippen molar-refractivity contribution >= 4 is 22.7 Å². The molecule has 0 radical (unpaired) electrons. The van der Waals surface area contributed by atoms with Crippen LogP contribution in [0.5, 0.6) is 0 Å².